The summed E-state index contributed by atoms with van der Waals surface area (Å²) in [6, 6.07) is 3.71. The average Bonchev–Trinajstić information content (AvgIpc) is 2.45. The molecule has 4 nitrogen and oxygen atoms in total. The number of hydrogen-bond acceptors (Lipinski definition) is 3. The van der Waals surface area contributed by atoms with Gasteiger partial charge in [-0.1, -0.05) is 0 Å². The molecule has 0 unspecified atom stereocenters. The zero-order valence-electron chi connectivity index (χ0n) is 12.3. The number of benzene rings is 1. The van der Waals surface area contributed by atoms with Crippen LogP contribution in [0.1, 0.15) is 19.4 Å². The fourth-order valence-electron chi connectivity index (χ4n) is 1.84. The average molecular weight is 342 g/mol. The topological polar surface area (TPSA) is 38.8 Å². The maximum atomic E-state index is 11.9. The van der Waals surface area contributed by atoms with Gasteiger partial charge in [-0.05, 0) is 53.5 Å². The lowest BCUT2D eigenvalue weighted by Gasteiger charge is -2.16. The number of likely N-dealkylation sites (N-methyl/N-ethyl adjacent to an activating group) is 1. The summed E-state index contributed by atoms with van der Waals surface area (Å²) >= 11 is 3.43. The maximum absolute atomic E-state index is 11.9. The lowest BCUT2D eigenvalue weighted by molar-refractivity contribution is -0.125. The first-order valence-electron chi connectivity index (χ1n) is 6.45. The fraction of sp³-hybridized carbons (Fsp3) is 0.400. The van der Waals surface area contributed by atoms with Gasteiger partial charge in [0.1, 0.15) is 0 Å². The Morgan fingerprint density at radius 1 is 1.25 bits per heavy atom. The molecule has 0 N–H and O–H groups in total. The van der Waals surface area contributed by atoms with Gasteiger partial charge in [0, 0.05) is 19.2 Å². The van der Waals surface area contributed by atoms with Gasteiger partial charge in [-0.3, -0.25) is 4.79 Å². The van der Waals surface area contributed by atoms with E-state index in [2.05, 4.69) is 15.9 Å². The highest BCUT2D eigenvalue weighted by molar-refractivity contribution is 9.10. The molecule has 0 atom stereocenters. The van der Waals surface area contributed by atoms with Crippen LogP contribution in [0.3, 0.4) is 0 Å². The summed E-state index contributed by atoms with van der Waals surface area (Å²) in [5.41, 5.74) is 0.870. The Hall–Kier alpha value is -1.49. The van der Waals surface area contributed by atoms with Crippen molar-refractivity contribution in [2.24, 2.45) is 0 Å². The van der Waals surface area contributed by atoms with E-state index in [1.165, 1.54) is 0 Å². The van der Waals surface area contributed by atoms with Crippen LogP contribution >= 0.6 is 15.9 Å². The van der Waals surface area contributed by atoms with Gasteiger partial charge in [-0.15, -0.1) is 0 Å². The van der Waals surface area contributed by atoms with Crippen LogP contribution in [0.15, 0.2) is 22.7 Å². The molecule has 0 spiro atoms. The maximum Gasteiger partial charge on any atom is 0.246 e. The van der Waals surface area contributed by atoms with E-state index in [-0.39, 0.29) is 5.91 Å². The Kier molecular flexibility index (Phi) is 6.58. The molecular formula is C15H20BrNO3. The number of carbonyl (C=O) groups excluding carboxylic acids is 1. The van der Waals surface area contributed by atoms with Gasteiger partial charge in [-0.25, -0.2) is 0 Å². The molecule has 20 heavy (non-hydrogen) atoms. The molecule has 0 aliphatic rings. The number of carbonyl (C=O) groups is 1. The summed E-state index contributed by atoms with van der Waals surface area (Å²) in [6.45, 7) is 5.33. The van der Waals surface area contributed by atoms with Crippen molar-refractivity contribution in [2.75, 3.05) is 27.3 Å². The Bertz CT molecular complexity index is 496. The van der Waals surface area contributed by atoms with Gasteiger partial charge in [0.05, 0.1) is 18.7 Å². The highest BCUT2D eigenvalue weighted by Gasteiger charge is 2.10. The molecule has 0 radical (unpaired) electrons. The number of amides is 1. The van der Waals surface area contributed by atoms with Crippen LogP contribution in [0.2, 0.25) is 0 Å². The van der Waals surface area contributed by atoms with Crippen LogP contribution < -0.4 is 9.47 Å². The predicted molar refractivity (Wildman–Crippen MR) is 84.2 cm³/mol. The molecule has 1 rings (SSSR count). The zero-order chi connectivity index (χ0) is 15.1. The molecule has 1 aromatic rings. The van der Waals surface area contributed by atoms with Gasteiger partial charge in [0.2, 0.25) is 5.91 Å². The molecule has 1 aromatic carbocycles. The third kappa shape index (κ3) is 4.00. The van der Waals surface area contributed by atoms with Crippen molar-refractivity contribution in [3.63, 3.8) is 0 Å². The van der Waals surface area contributed by atoms with Crippen LogP contribution in [0.25, 0.3) is 6.08 Å². The molecule has 0 saturated heterocycles. The van der Waals surface area contributed by atoms with Gasteiger partial charge >= 0.3 is 0 Å². The van der Waals surface area contributed by atoms with Crippen LogP contribution in [0.4, 0.5) is 0 Å². The Labute approximate surface area is 128 Å². The third-order valence-corrected chi connectivity index (χ3v) is 3.54. The molecule has 0 heterocycles. The predicted octanol–water partition coefficient (Wildman–Crippen LogP) is 3.35. The van der Waals surface area contributed by atoms with Crippen LogP contribution in [-0.4, -0.2) is 38.1 Å². The molecule has 0 saturated carbocycles. The number of ether oxygens (including phenoxy) is 2. The second-order valence-corrected chi connectivity index (χ2v) is 4.94. The minimum atomic E-state index is 0.000840. The van der Waals surface area contributed by atoms with Crippen molar-refractivity contribution in [1.29, 1.82) is 0 Å². The molecule has 1 amide bonds. The van der Waals surface area contributed by atoms with Crippen molar-refractivity contribution in [2.45, 2.75) is 13.8 Å². The van der Waals surface area contributed by atoms with E-state index in [1.54, 1.807) is 31.3 Å². The standard InChI is InChI=1S/C15H20BrNO3/c1-5-17(6-2)14(18)8-7-11-9-12(16)15(20-4)13(10-11)19-3/h7-10H,5-6H2,1-4H3/b8-7+. The van der Waals surface area contributed by atoms with Crippen molar-refractivity contribution in [3.05, 3.63) is 28.2 Å². The van der Waals surface area contributed by atoms with Crippen LogP contribution in [0, 0.1) is 0 Å². The zero-order valence-corrected chi connectivity index (χ0v) is 13.9. The van der Waals surface area contributed by atoms with E-state index in [9.17, 15) is 4.79 Å². The molecule has 0 bridgehead atoms. The molecule has 0 aliphatic carbocycles. The summed E-state index contributed by atoms with van der Waals surface area (Å²) in [4.78, 5) is 13.7. The van der Waals surface area contributed by atoms with Crippen molar-refractivity contribution < 1.29 is 14.3 Å². The van der Waals surface area contributed by atoms with E-state index in [0.29, 0.717) is 24.6 Å². The van der Waals surface area contributed by atoms with E-state index in [1.807, 2.05) is 26.0 Å². The summed E-state index contributed by atoms with van der Waals surface area (Å²) in [5, 5.41) is 0. The number of hydrogen-bond donors (Lipinski definition) is 0. The minimum Gasteiger partial charge on any atom is -0.493 e. The second-order valence-electron chi connectivity index (χ2n) is 4.08. The summed E-state index contributed by atoms with van der Waals surface area (Å²) in [7, 11) is 3.17. The van der Waals surface area contributed by atoms with E-state index >= 15 is 0 Å². The van der Waals surface area contributed by atoms with Gasteiger partial charge < -0.3 is 14.4 Å². The van der Waals surface area contributed by atoms with Crippen LogP contribution in [-0.2, 0) is 4.79 Å². The summed E-state index contributed by atoms with van der Waals surface area (Å²) < 4.78 is 11.3. The van der Waals surface area contributed by atoms with Crippen molar-refractivity contribution in [1.82, 2.24) is 4.90 Å². The van der Waals surface area contributed by atoms with Gasteiger partial charge in [-0.2, -0.15) is 0 Å². The molecule has 0 fully saturated rings. The molecule has 0 aromatic heterocycles. The Balaban J connectivity index is 2.98. The first-order valence-corrected chi connectivity index (χ1v) is 7.25. The SMILES string of the molecule is CCN(CC)C(=O)/C=C/c1cc(Br)c(OC)c(OC)c1. The molecule has 5 heteroatoms. The second kappa shape index (κ2) is 7.94. The molecule has 0 aliphatic heterocycles. The quantitative estimate of drug-likeness (QED) is 0.745. The van der Waals surface area contributed by atoms with Gasteiger partial charge in [0.25, 0.3) is 0 Å². The van der Waals surface area contributed by atoms with E-state index < -0.39 is 0 Å². The Morgan fingerprint density at radius 2 is 1.90 bits per heavy atom. The third-order valence-electron chi connectivity index (χ3n) is 2.95. The number of rotatable bonds is 6. The summed E-state index contributed by atoms with van der Waals surface area (Å²) in [6.07, 6.45) is 3.34. The minimum absolute atomic E-state index is 0.000840. The van der Waals surface area contributed by atoms with Crippen molar-refractivity contribution in [3.8, 4) is 11.5 Å². The highest BCUT2D eigenvalue weighted by Crippen LogP contribution is 2.36. The van der Waals surface area contributed by atoms with E-state index in [0.717, 1.165) is 10.0 Å². The Morgan fingerprint density at radius 3 is 2.40 bits per heavy atom. The first kappa shape index (κ1) is 16.6. The first-order chi connectivity index (χ1) is 9.57. The lowest BCUT2D eigenvalue weighted by Crippen LogP contribution is -2.28. The normalized spacial score (nSPS) is 10.7. The number of methoxy groups -OCH3 is 2. The van der Waals surface area contributed by atoms with Gasteiger partial charge in [0.15, 0.2) is 11.5 Å². The number of halogens is 1. The smallest absolute Gasteiger partial charge is 0.246 e. The highest BCUT2D eigenvalue weighted by atomic mass is 79.9. The molecular weight excluding hydrogens is 322 g/mol. The molecule has 110 valence electrons. The van der Waals surface area contributed by atoms with Crippen LogP contribution in [0.5, 0.6) is 11.5 Å². The van der Waals surface area contributed by atoms with Crippen molar-refractivity contribution >= 4 is 27.9 Å². The largest absolute Gasteiger partial charge is 0.493 e. The number of nitrogens with zero attached hydrogens (tertiary/aromatic N) is 1. The van der Waals surface area contributed by atoms with E-state index in [4.69, 9.17) is 9.47 Å². The fourth-order valence-corrected chi connectivity index (χ4v) is 2.46. The summed E-state index contributed by atoms with van der Waals surface area (Å²) in [5.74, 6) is 1.26. The lowest BCUT2D eigenvalue weighted by atomic mass is 10.2. The monoisotopic (exact) mass is 341 g/mol.